The van der Waals surface area contributed by atoms with Crippen LogP contribution in [-0.2, 0) is 6.42 Å². The molecule has 2 aliphatic rings. The Hall–Kier alpha value is 0.180. The molecule has 1 aromatic rings. The van der Waals surface area contributed by atoms with Crippen LogP contribution in [0.25, 0.3) is 0 Å². The van der Waals surface area contributed by atoms with Crippen LogP contribution in [0, 0.1) is 23.7 Å². The molecule has 1 aromatic carbocycles. The van der Waals surface area contributed by atoms with E-state index in [1.54, 1.807) is 0 Å². The van der Waals surface area contributed by atoms with Crippen LogP contribution in [0.1, 0.15) is 37.7 Å². The summed E-state index contributed by atoms with van der Waals surface area (Å²) in [7, 11) is 0. The number of alkyl halides is 1. The Morgan fingerprint density at radius 3 is 2.74 bits per heavy atom. The summed E-state index contributed by atoms with van der Waals surface area (Å²) in [5.74, 6) is 3.97. The molecule has 0 heterocycles. The third-order valence-electron chi connectivity index (χ3n) is 5.15. The van der Waals surface area contributed by atoms with Crippen LogP contribution < -0.4 is 0 Å². The minimum absolute atomic E-state index is 0.804. The quantitative estimate of drug-likeness (QED) is 0.559. The minimum Gasteiger partial charge on any atom is -0.0925 e. The highest BCUT2D eigenvalue weighted by atomic mass is 79.9. The normalized spacial score (nSPS) is 30.7. The second-order valence-corrected chi connectivity index (χ2v) is 8.09. The van der Waals surface area contributed by atoms with Gasteiger partial charge in [0.15, 0.2) is 0 Å². The van der Waals surface area contributed by atoms with Crippen LogP contribution in [0.4, 0.5) is 0 Å². The Labute approximate surface area is 133 Å². The summed E-state index contributed by atoms with van der Waals surface area (Å²) >= 11 is 7.32. The lowest BCUT2D eigenvalue weighted by Gasteiger charge is -2.26. The van der Waals surface area contributed by atoms with Crippen molar-refractivity contribution in [3.05, 3.63) is 34.3 Å². The summed E-state index contributed by atoms with van der Waals surface area (Å²) in [6.45, 7) is 0. The summed E-state index contributed by atoms with van der Waals surface area (Å²) in [6.07, 6.45) is 8.74. The van der Waals surface area contributed by atoms with Gasteiger partial charge in [-0.3, -0.25) is 0 Å². The Morgan fingerprint density at radius 2 is 2.11 bits per heavy atom. The molecule has 4 unspecified atom stereocenters. The topological polar surface area (TPSA) is 0 Å². The first kappa shape index (κ1) is 14.1. The van der Waals surface area contributed by atoms with Crippen LogP contribution in [0.3, 0.4) is 0 Å². The number of benzene rings is 1. The fourth-order valence-electron chi connectivity index (χ4n) is 4.29. The number of hydrogen-bond acceptors (Lipinski definition) is 0. The molecule has 2 bridgehead atoms. The largest absolute Gasteiger partial charge is 0.0925 e. The molecule has 19 heavy (non-hydrogen) atoms. The highest BCUT2D eigenvalue weighted by molar-refractivity contribution is 9.10. The van der Waals surface area contributed by atoms with Crippen LogP contribution in [0.5, 0.6) is 0 Å². The van der Waals surface area contributed by atoms with Crippen molar-refractivity contribution >= 4 is 31.9 Å². The zero-order valence-electron chi connectivity index (χ0n) is 11.3. The smallest absolute Gasteiger partial charge is 0.0177 e. The van der Waals surface area contributed by atoms with Crippen LogP contribution in [0.15, 0.2) is 28.7 Å². The molecule has 3 rings (SSSR count). The van der Waals surface area contributed by atoms with Gasteiger partial charge in [0.1, 0.15) is 0 Å². The first-order valence-corrected chi connectivity index (χ1v) is 9.46. The summed E-state index contributed by atoms with van der Waals surface area (Å²) in [5.41, 5.74) is 1.47. The summed E-state index contributed by atoms with van der Waals surface area (Å²) in [4.78, 5) is 0. The van der Waals surface area contributed by atoms with Gasteiger partial charge in [0.2, 0.25) is 0 Å². The molecule has 104 valence electrons. The molecule has 0 aliphatic heterocycles. The van der Waals surface area contributed by atoms with Gasteiger partial charge in [0, 0.05) is 9.80 Å². The maximum atomic E-state index is 3.74. The third-order valence-corrected chi connectivity index (χ3v) is 6.56. The van der Waals surface area contributed by atoms with E-state index in [9.17, 15) is 0 Å². The molecular weight excluding hydrogens is 364 g/mol. The van der Waals surface area contributed by atoms with Crippen LogP contribution in [0.2, 0.25) is 0 Å². The monoisotopic (exact) mass is 384 g/mol. The van der Waals surface area contributed by atoms with Gasteiger partial charge in [-0.05, 0) is 73.5 Å². The molecule has 0 spiro atoms. The van der Waals surface area contributed by atoms with Gasteiger partial charge in [0.05, 0.1) is 0 Å². The number of hydrogen-bond donors (Lipinski definition) is 0. The van der Waals surface area contributed by atoms with Crippen molar-refractivity contribution in [3.8, 4) is 0 Å². The standard InChI is InChI=1S/C17H22Br2/c18-11-14(6-12-2-1-3-17(19)10-12)9-16-8-13-4-5-15(16)7-13/h1-3,10,13-16H,4-9,11H2. The van der Waals surface area contributed by atoms with E-state index >= 15 is 0 Å². The number of fused-ring (bicyclic) bond motifs is 2. The van der Waals surface area contributed by atoms with Crippen molar-refractivity contribution in [2.45, 2.75) is 38.5 Å². The summed E-state index contributed by atoms with van der Waals surface area (Å²) in [5, 5.41) is 1.15. The number of halogens is 2. The molecule has 0 amide bonds. The van der Waals surface area contributed by atoms with Crippen LogP contribution >= 0.6 is 31.9 Å². The molecule has 0 aromatic heterocycles. The van der Waals surface area contributed by atoms with Crippen molar-refractivity contribution in [3.63, 3.8) is 0 Å². The van der Waals surface area contributed by atoms with Crippen molar-refractivity contribution < 1.29 is 0 Å². The molecule has 0 radical (unpaired) electrons. The third kappa shape index (κ3) is 3.44. The van der Waals surface area contributed by atoms with Crippen LogP contribution in [-0.4, -0.2) is 5.33 Å². The molecule has 2 saturated carbocycles. The summed E-state index contributed by atoms with van der Waals surface area (Å²) < 4.78 is 1.21. The van der Waals surface area contributed by atoms with E-state index in [1.807, 2.05) is 0 Å². The highest BCUT2D eigenvalue weighted by Crippen LogP contribution is 2.50. The van der Waals surface area contributed by atoms with Gasteiger partial charge in [-0.25, -0.2) is 0 Å². The lowest BCUT2D eigenvalue weighted by molar-refractivity contribution is 0.277. The predicted molar refractivity (Wildman–Crippen MR) is 88.7 cm³/mol. The van der Waals surface area contributed by atoms with E-state index in [1.165, 1.54) is 48.6 Å². The van der Waals surface area contributed by atoms with E-state index in [0.717, 1.165) is 29.0 Å². The van der Waals surface area contributed by atoms with E-state index in [-0.39, 0.29) is 0 Å². The predicted octanol–water partition coefficient (Wildman–Crippen LogP) is 5.83. The van der Waals surface area contributed by atoms with Crippen molar-refractivity contribution in [1.29, 1.82) is 0 Å². The van der Waals surface area contributed by atoms with E-state index in [4.69, 9.17) is 0 Å². The second kappa shape index (κ2) is 6.30. The minimum atomic E-state index is 0.804. The number of rotatable bonds is 5. The van der Waals surface area contributed by atoms with E-state index in [0.29, 0.717) is 0 Å². The maximum Gasteiger partial charge on any atom is 0.0177 e. The van der Waals surface area contributed by atoms with Gasteiger partial charge in [0.25, 0.3) is 0 Å². The average Bonchev–Trinajstić information content (AvgIpc) is 3.00. The Bertz CT molecular complexity index is 429. The van der Waals surface area contributed by atoms with E-state index in [2.05, 4.69) is 56.1 Å². The van der Waals surface area contributed by atoms with Gasteiger partial charge >= 0.3 is 0 Å². The van der Waals surface area contributed by atoms with Gasteiger partial charge in [-0.15, -0.1) is 0 Å². The molecule has 2 fully saturated rings. The molecule has 2 heteroatoms. The molecule has 2 aliphatic carbocycles. The first-order valence-electron chi connectivity index (χ1n) is 7.55. The zero-order valence-corrected chi connectivity index (χ0v) is 14.5. The first-order chi connectivity index (χ1) is 9.24. The van der Waals surface area contributed by atoms with E-state index < -0.39 is 0 Å². The van der Waals surface area contributed by atoms with Gasteiger partial charge < -0.3 is 0 Å². The molecule has 0 saturated heterocycles. The lowest BCUT2D eigenvalue weighted by atomic mass is 9.81. The Morgan fingerprint density at radius 1 is 1.21 bits per heavy atom. The van der Waals surface area contributed by atoms with Gasteiger partial charge in [-0.1, -0.05) is 50.4 Å². The van der Waals surface area contributed by atoms with Crippen molar-refractivity contribution in [1.82, 2.24) is 0 Å². The highest BCUT2D eigenvalue weighted by Gasteiger charge is 2.39. The summed E-state index contributed by atoms with van der Waals surface area (Å²) in [6, 6.07) is 8.81. The van der Waals surface area contributed by atoms with Crippen molar-refractivity contribution in [2.24, 2.45) is 23.7 Å². The Kier molecular flexibility index (Phi) is 4.69. The second-order valence-electron chi connectivity index (χ2n) is 6.53. The molecular formula is C17H22Br2. The SMILES string of the molecule is BrCC(Cc1cccc(Br)c1)CC1CC2CCC1C2. The molecule has 0 nitrogen and oxygen atoms in total. The van der Waals surface area contributed by atoms with Crippen molar-refractivity contribution in [2.75, 3.05) is 5.33 Å². The fraction of sp³-hybridized carbons (Fsp3) is 0.647. The lowest BCUT2D eigenvalue weighted by Crippen LogP contribution is -2.17. The van der Waals surface area contributed by atoms with Gasteiger partial charge in [-0.2, -0.15) is 0 Å². The average molecular weight is 386 g/mol. The Balaban J connectivity index is 1.59. The maximum absolute atomic E-state index is 3.74. The zero-order chi connectivity index (χ0) is 13.2. The fourth-order valence-corrected chi connectivity index (χ4v) is 5.23. The molecule has 4 atom stereocenters. The molecule has 0 N–H and O–H groups in total.